The predicted octanol–water partition coefficient (Wildman–Crippen LogP) is 3.50. The molecule has 2 rings (SSSR count). The van der Waals surface area contributed by atoms with Crippen molar-refractivity contribution in [3.05, 3.63) is 42.0 Å². The number of rotatable bonds is 3. The fourth-order valence-corrected chi connectivity index (χ4v) is 1.70. The van der Waals surface area contributed by atoms with Gasteiger partial charge in [-0.2, -0.15) is 5.26 Å². The summed E-state index contributed by atoms with van der Waals surface area (Å²) >= 11 is 0. The van der Waals surface area contributed by atoms with Gasteiger partial charge >= 0.3 is 0 Å². The van der Waals surface area contributed by atoms with E-state index in [2.05, 4.69) is 6.07 Å². The van der Waals surface area contributed by atoms with Gasteiger partial charge in [0.1, 0.15) is 17.4 Å². The number of fused-ring (bicyclic) bond motifs is 1. The lowest BCUT2D eigenvalue weighted by atomic mass is 10.0. The van der Waals surface area contributed by atoms with Crippen LogP contribution in [0.5, 0.6) is 5.75 Å². The maximum Gasteiger partial charge on any atom is 0.137 e. The van der Waals surface area contributed by atoms with E-state index in [-0.39, 0.29) is 0 Å². The summed E-state index contributed by atoms with van der Waals surface area (Å²) in [5, 5.41) is 11.2. The van der Waals surface area contributed by atoms with Crippen molar-refractivity contribution in [1.82, 2.24) is 0 Å². The summed E-state index contributed by atoms with van der Waals surface area (Å²) in [5.41, 5.74) is 0.631. The van der Waals surface area contributed by atoms with E-state index in [0.29, 0.717) is 17.9 Å². The zero-order chi connectivity index (χ0) is 11.4. The van der Waals surface area contributed by atoms with Crippen molar-refractivity contribution in [3.8, 4) is 11.8 Å². The lowest BCUT2D eigenvalue weighted by Gasteiger charge is -2.08. The average molecular weight is 211 g/mol. The molecule has 2 nitrogen and oxygen atoms in total. The molecule has 0 aliphatic heterocycles. The van der Waals surface area contributed by atoms with Crippen molar-refractivity contribution in [2.24, 2.45) is 0 Å². The fraction of sp³-hybridized carbons (Fsp3) is 0.214. The molecule has 0 bridgehead atoms. The van der Waals surface area contributed by atoms with Crippen LogP contribution >= 0.6 is 0 Å². The van der Waals surface area contributed by atoms with E-state index >= 15 is 0 Å². The molecular formula is C14H13NO. The molecule has 0 unspecified atom stereocenters. The molecule has 80 valence electrons. The highest BCUT2D eigenvalue weighted by atomic mass is 16.5. The topological polar surface area (TPSA) is 33.0 Å². The molecule has 0 saturated carbocycles. The van der Waals surface area contributed by atoms with Crippen molar-refractivity contribution in [2.75, 3.05) is 6.61 Å². The predicted molar refractivity (Wildman–Crippen MR) is 64.4 cm³/mol. The van der Waals surface area contributed by atoms with E-state index in [1.807, 2.05) is 43.3 Å². The highest BCUT2D eigenvalue weighted by Crippen LogP contribution is 2.27. The molecule has 2 aromatic rings. The van der Waals surface area contributed by atoms with E-state index in [0.717, 1.165) is 17.2 Å². The number of benzene rings is 2. The molecule has 0 aliphatic carbocycles. The van der Waals surface area contributed by atoms with Gasteiger partial charge in [0.15, 0.2) is 0 Å². The largest absolute Gasteiger partial charge is 0.492 e. The minimum absolute atomic E-state index is 0.631. The van der Waals surface area contributed by atoms with Crippen LogP contribution in [0.15, 0.2) is 36.4 Å². The maximum absolute atomic E-state index is 9.19. The van der Waals surface area contributed by atoms with Crippen molar-refractivity contribution < 1.29 is 4.74 Å². The second kappa shape index (κ2) is 4.67. The van der Waals surface area contributed by atoms with E-state index in [1.165, 1.54) is 0 Å². The van der Waals surface area contributed by atoms with Gasteiger partial charge in [-0.15, -0.1) is 0 Å². The van der Waals surface area contributed by atoms with Gasteiger partial charge in [0.05, 0.1) is 6.61 Å². The van der Waals surface area contributed by atoms with Crippen molar-refractivity contribution >= 4 is 10.8 Å². The van der Waals surface area contributed by atoms with Gasteiger partial charge in [0.2, 0.25) is 0 Å². The first kappa shape index (κ1) is 10.5. The summed E-state index contributed by atoms with van der Waals surface area (Å²) in [4.78, 5) is 0. The Labute approximate surface area is 95.1 Å². The van der Waals surface area contributed by atoms with E-state index in [1.54, 1.807) is 0 Å². The SMILES string of the molecule is CCCOc1ccc2ccccc2c1C#N. The third-order valence-electron chi connectivity index (χ3n) is 2.46. The third-order valence-corrected chi connectivity index (χ3v) is 2.46. The number of nitrogens with zero attached hydrogens (tertiary/aromatic N) is 1. The van der Waals surface area contributed by atoms with E-state index < -0.39 is 0 Å². The van der Waals surface area contributed by atoms with Gasteiger partial charge in [-0.3, -0.25) is 0 Å². The monoisotopic (exact) mass is 211 g/mol. The third kappa shape index (κ3) is 1.85. The van der Waals surface area contributed by atoms with Crippen LogP contribution in [0, 0.1) is 11.3 Å². The van der Waals surface area contributed by atoms with Gasteiger partial charge in [0, 0.05) is 5.39 Å². The molecule has 0 amide bonds. The average Bonchev–Trinajstić information content (AvgIpc) is 2.35. The van der Waals surface area contributed by atoms with E-state index in [9.17, 15) is 5.26 Å². The number of hydrogen-bond donors (Lipinski definition) is 0. The second-order valence-electron chi connectivity index (χ2n) is 3.62. The van der Waals surface area contributed by atoms with Crippen LogP contribution in [0.1, 0.15) is 18.9 Å². The zero-order valence-corrected chi connectivity index (χ0v) is 9.23. The molecule has 2 heteroatoms. The van der Waals surface area contributed by atoms with Crippen molar-refractivity contribution in [2.45, 2.75) is 13.3 Å². The number of hydrogen-bond acceptors (Lipinski definition) is 2. The molecule has 0 aliphatic rings. The summed E-state index contributed by atoms with van der Waals surface area (Å²) in [6, 6.07) is 13.9. The van der Waals surface area contributed by atoms with Crippen LogP contribution in [-0.2, 0) is 0 Å². The fourth-order valence-electron chi connectivity index (χ4n) is 1.70. The molecule has 0 N–H and O–H groups in total. The first-order valence-electron chi connectivity index (χ1n) is 5.41. The van der Waals surface area contributed by atoms with Crippen LogP contribution in [-0.4, -0.2) is 6.61 Å². The first-order chi connectivity index (χ1) is 7.86. The van der Waals surface area contributed by atoms with Crippen LogP contribution in [0.3, 0.4) is 0 Å². The summed E-state index contributed by atoms with van der Waals surface area (Å²) in [7, 11) is 0. The molecule has 16 heavy (non-hydrogen) atoms. The summed E-state index contributed by atoms with van der Waals surface area (Å²) < 4.78 is 5.56. The molecule has 0 aromatic heterocycles. The Hall–Kier alpha value is -2.01. The molecule has 0 radical (unpaired) electrons. The molecule has 0 fully saturated rings. The molecule has 2 aromatic carbocycles. The Bertz CT molecular complexity index is 540. The quantitative estimate of drug-likeness (QED) is 0.778. The molecule has 0 heterocycles. The summed E-state index contributed by atoms with van der Waals surface area (Å²) in [5.74, 6) is 0.683. The molecular weight excluding hydrogens is 198 g/mol. The van der Waals surface area contributed by atoms with Crippen LogP contribution < -0.4 is 4.74 Å². The Balaban J connectivity index is 2.55. The van der Waals surface area contributed by atoms with Crippen LogP contribution in [0.25, 0.3) is 10.8 Å². The highest BCUT2D eigenvalue weighted by molar-refractivity contribution is 5.90. The van der Waals surface area contributed by atoms with Crippen molar-refractivity contribution in [3.63, 3.8) is 0 Å². The van der Waals surface area contributed by atoms with Crippen LogP contribution in [0.2, 0.25) is 0 Å². The lowest BCUT2D eigenvalue weighted by Crippen LogP contribution is -1.97. The Kier molecular flexibility index (Phi) is 3.07. The second-order valence-corrected chi connectivity index (χ2v) is 3.62. The standard InChI is InChI=1S/C14H13NO/c1-2-9-16-14-8-7-11-5-3-4-6-12(11)13(14)10-15/h3-8H,2,9H2,1H3. The first-order valence-corrected chi connectivity index (χ1v) is 5.41. The Morgan fingerprint density at radius 3 is 2.75 bits per heavy atom. The van der Waals surface area contributed by atoms with Gasteiger partial charge in [0.25, 0.3) is 0 Å². The summed E-state index contributed by atoms with van der Waals surface area (Å²) in [6.07, 6.45) is 0.942. The van der Waals surface area contributed by atoms with Crippen LogP contribution in [0.4, 0.5) is 0 Å². The normalized spacial score (nSPS) is 10.0. The lowest BCUT2D eigenvalue weighted by molar-refractivity contribution is 0.317. The Morgan fingerprint density at radius 1 is 1.19 bits per heavy atom. The molecule has 0 atom stereocenters. The van der Waals surface area contributed by atoms with Gasteiger partial charge in [-0.25, -0.2) is 0 Å². The number of ether oxygens (including phenoxy) is 1. The van der Waals surface area contributed by atoms with Gasteiger partial charge in [-0.05, 0) is 17.9 Å². The van der Waals surface area contributed by atoms with Gasteiger partial charge in [-0.1, -0.05) is 37.3 Å². The Morgan fingerprint density at radius 2 is 2.00 bits per heavy atom. The van der Waals surface area contributed by atoms with Crippen molar-refractivity contribution in [1.29, 1.82) is 5.26 Å². The minimum Gasteiger partial charge on any atom is -0.492 e. The smallest absolute Gasteiger partial charge is 0.137 e. The zero-order valence-electron chi connectivity index (χ0n) is 9.23. The number of nitriles is 1. The maximum atomic E-state index is 9.19. The highest BCUT2D eigenvalue weighted by Gasteiger charge is 2.07. The van der Waals surface area contributed by atoms with Gasteiger partial charge < -0.3 is 4.74 Å². The molecule has 0 spiro atoms. The minimum atomic E-state index is 0.631. The molecule has 0 saturated heterocycles. The van der Waals surface area contributed by atoms with E-state index in [4.69, 9.17) is 4.74 Å². The summed E-state index contributed by atoms with van der Waals surface area (Å²) in [6.45, 7) is 2.69.